The monoisotopic (exact) mass is 197 g/mol. The standard InChI is InChI=1S/C10H19N3O/c14-10-3-2-9(12-10)8-13-6-1-4-11-5-7-13/h9,11H,1-8H2,(H,12,14). The zero-order valence-corrected chi connectivity index (χ0v) is 8.59. The van der Waals surface area contributed by atoms with E-state index in [0.717, 1.165) is 39.0 Å². The molecule has 2 heterocycles. The lowest BCUT2D eigenvalue weighted by Crippen LogP contribution is -2.40. The molecule has 2 rings (SSSR count). The van der Waals surface area contributed by atoms with Crippen molar-refractivity contribution in [2.75, 3.05) is 32.7 Å². The van der Waals surface area contributed by atoms with Crippen LogP contribution in [-0.4, -0.2) is 49.6 Å². The summed E-state index contributed by atoms with van der Waals surface area (Å²) in [6.45, 7) is 5.54. The van der Waals surface area contributed by atoms with E-state index in [2.05, 4.69) is 15.5 Å². The summed E-state index contributed by atoms with van der Waals surface area (Å²) in [6.07, 6.45) is 2.96. The quantitative estimate of drug-likeness (QED) is 0.631. The Hall–Kier alpha value is -0.610. The first-order chi connectivity index (χ1) is 6.84. The van der Waals surface area contributed by atoms with Crippen LogP contribution in [0.25, 0.3) is 0 Å². The van der Waals surface area contributed by atoms with Gasteiger partial charge in [-0.1, -0.05) is 0 Å². The van der Waals surface area contributed by atoms with E-state index in [4.69, 9.17) is 0 Å². The van der Waals surface area contributed by atoms with Crippen molar-refractivity contribution >= 4 is 5.91 Å². The highest BCUT2D eigenvalue weighted by molar-refractivity contribution is 5.78. The van der Waals surface area contributed by atoms with Crippen LogP contribution in [0.4, 0.5) is 0 Å². The molecule has 4 nitrogen and oxygen atoms in total. The van der Waals surface area contributed by atoms with Gasteiger partial charge in [0.25, 0.3) is 0 Å². The molecule has 0 aromatic rings. The highest BCUT2D eigenvalue weighted by atomic mass is 16.1. The molecule has 4 heteroatoms. The number of hydrogen-bond acceptors (Lipinski definition) is 3. The lowest BCUT2D eigenvalue weighted by atomic mass is 10.2. The normalized spacial score (nSPS) is 30.0. The molecule has 2 aliphatic heterocycles. The second-order valence-corrected chi connectivity index (χ2v) is 4.21. The molecule has 2 saturated heterocycles. The van der Waals surface area contributed by atoms with Crippen LogP contribution < -0.4 is 10.6 Å². The summed E-state index contributed by atoms with van der Waals surface area (Å²) in [7, 11) is 0. The summed E-state index contributed by atoms with van der Waals surface area (Å²) < 4.78 is 0. The van der Waals surface area contributed by atoms with Gasteiger partial charge in [0, 0.05) is 32.1 Å². The third-order valence-corrected chi connectivity index (χ3v) is 3.00. The van der Waals surface area contributed by atoms with Crippen molar-refractivity contribution in [1.29, 1.82) is 0 Å². The fourth-order valence-corrected chi connectivity index (χ4v) is 2.21. The van der Waals surface area contributed by atoms with Gasteiger partial charge in [0.15, 0.2) is 0 Å². The minimum atomic E-state index is 0.225. The third-order valence-electron chi connectivity index (χ3n) is 3.00. The van der Waals surface area contributed by atoms with Crippen molar-refractivity contribution in [2.24, 2.45) is 0 Å². The molecule has 2 fully saturated rings. The van der Waals surface area contributed by atoms with E-state index < -0.39 is 0 Å². The molecule has 1 amide bonds. The van der Waals surface area contributed by atoms with Crippen LogP contribution in [0.3, 0.4) is 0 Å². The molecule has 0 aliphatic carbocycles. The Morgan fingerprint density at radius 3 is 3.07 bits per heavy atom. The number of rotatable bonds is 2. The predicted octanol–water partition coefficient (Wildman–Crippen LogP) is -0.440. The second kappa shape index (κ2) is 4.75. The van der Waals surface area contributed by atoms with Gasteiger partial charge in [-0.3, -0.25) is 9.69 Å². The van der Waals surface area contributed by atoms with Crippen molar-refractivity contribution < 1.29 is 4.79 Å². The minimum Gasteiger partial charge on any atom is -0.352 e. The first-order valence-corrected chi connectivity index (χ1v) is 5.57. The molecule has 0 bridgehead atoms. The average Bonchev–Trinajstić information content (AvgIpc) is 2.43. The zero-order valence-electron chi connectivity index (χ0n) is 8.59. The van der Waals surface area contributed by atoms with E-state index in [1.165, 1.54) is 13.0 Å². The van der Waals surface area contributed by atoms with Crippen molar-refractivity contribution in [2.45, 2.75) is 25.3 Å². The number of carbonyl (C=O) groups excluding carboxylic acids is 1. The molecule has 0 aromatic heterocycles. The maximum Gasteiger partial charge on any atom is 0.220 e. The van der Waals surface area contributed by atoms with Crippen molar-refractivity contribution in [1.82, 2.24) is 15.5 Å². The van der Waals surface area contributed by atoms with Gasteiger partial charge in [0.1, 0.15) is 0 Å². The largest absolute Gasteiger partial charge is 0.352 e. The fraction of sp³-hybridized carbons (Fsp3) is 0.900. The highest BCUT2D eigenvalue weighted by Gasteiger charge is 2.22. The highest BCUT2D eigenvalue weighted by Crippen LogP contribution is 2.08. The van der Waals surface area contributed by atoms with Crippen LogP contribution in [-0.2, 0) is 4.79 Å². The van der Waals surface area contributed by atoms with Crippen LogP contribution in [0, 0.1) is 0 Å². The van der Waals surface area contributed by atoms with E-state index in [-0.39, 0.29) is 5.91 Å². The Balaban J connectivity index is 1.75. The van der Waals surface area contributed by atoms with E-state index in [9.17, 15) is 4.79 Å². The smallest absolute Gasteiger partial charge is 0.220 e. The number of nitrogens with one attached hydrogen (secondary N) is 2. The Labute approximate surface area is 85.0 Å². The molecular formula is C10H19N3O. The topological polar surface area (TPSA) is 44.4 Å². The SMILES string of the molecule is O=C1CCC(CN2CCCNCC2)N1. The fourth-order valence-electron chi connectivity index (χ4n) is 2.21. The van der Waals surface area contributed by atoms with Crippen LogP contribution in [0.15, 0.2) is 0 Å². The van der Waals surface area contributed by atoms with Crippen LogP contribution in [0.5, 0.6) is 0 Å². The summed E-state index contributed by atoms with van der Waals surface area (Å²) in [5.41, 5.74) is 0. The zero-order chi connectivity index (χ0) is 9.80. The Kier molecular flexibility index (Phi) is 3.37. The van der Waals surface area contributed by atoms with Crippen LogP contribution in [0.2, 0.25) is 0 Å². The summed E-state index contributed by atoms with van der Waals surface area (Å²) in [5, 5.41) is 6.40. The molecule has 0 saturated carbocycles. The van der Waals surface area contributed by atoms with Gasteiger partial charge < -0.3 is 10.6 Å². The van der Waals surface area contributed by atoms with E-state index >= 15 is 0 Å². The van der Waals surface area contributed by atoms with Gasteiger partial charge in [0.05, 0.1) is 0 Å². The first kappa shape index (κ1) is 9.93. The van der Waals surface area contributed by atoms with E-state index in [0.29, 0.717) is 6.04 Å². The number of hydrogen-bond donors (Lipinski definition) is 2. The minimum absolute atomic E-state index is 0.225. The van der Waals surface area contributed by atoms with Gasteiger partial charge >= 0.3 is 0 Å². The second-order valence-electron chi connectivity index (χ2n) is 4.21. The number of amides is 1. The first-order valence-electron chi connectivity index (χ1n) is 5.57. The average molecular weight is 197 g/mol. The maximum absolute atomic E-state index is 11.0. The molecular weight excluding hydrogens is 178 g/mol. The summed E-state index contributed by atoms with van der Waals surface area (Å²) in [4.78, 5) is 13.5. The molecule has 1 atom stereocenters. The van der Waals surface area contributed by atoms with E-state index in [1.807, 2.05) is 0 Å². The third kappa shape index (κ3) is 2.69. The Bertz CT molecular complexity index is 200. The van der Waals surface area contributed by atoms with Crippen molar-refractivity contribution in [3.05, 3.63) is 0 Å². The number of carbonyl (C=O) groups is 1. The molecule has 1 unspecified atom stereocenters. The van der Waals surface area contributed by atoms with Gasteiger partial charge in [-0.25, -0.2) is 0 Å². The molecule has 2 aliphatic rings. The molecule has 80 valence electrons. The van der Waals surface area contributed by atoms with Gasteiger partial charge in [-0.05, 0) is 25.9 Å². The van der Waals surface area contributed by atoms with Gasteiger partial charge in [-0.15, -0.1) is 0 Å². The summed E-state index contributed by atoms with van der Waals surface area (Å²) in [5.74, 6) is 0.225. The molecule has 14 heavy (non-hydrogen) atoms. The van der Waals surface area contributed by atoms with Crippen molar-refractivity contribution in [3.8, 4) is 0 Å². The predicted molar refractivity (Wildman–Crippen MR) is 55.1 cm³/mol. The van der Waals surface area contributed by atoms with Gasteiger partial charge in [0.2, 0.25) is 5.91 Å². The summed E-state index contributed by atoms with van der Waals surface area (Å²) in [6, 6.07) is 0.403. The number of nitrogens with zero attached hydrogens (tertiary/aromatic N) is 1. The lowest BCUT2D eigenvalue weighted by Gasteiger charge is -2.23. The molecule has 0 radical (unpaired) electrons. The van der Waals surface area contributed by atoms with E-state index in [1.54, 1.807) is 0 Å². The van der Waals surface area contributed by atoms with Crippen LogP contribution in [0.1, 0.15) is 19.3 Å². The van der Waals surface area contributed by atoms with Crippen LogP contribution >= 0.6 is 0 Å². The summed E-state index contributed by atoms with van der Waals surface area (Å²) >= 11 is 0. The van der Waals surface area contributed by atoms with Gasteiger partial charge in [-0.2, -0.15) is 0 Å². The maximum atomic E-state index is 11.0. The van der Waals surface area contributed by atoms with Crippen molar-refractivity contribution in [3.63, 3.8) is 0 Å². The molecule has 0 spiro atoms. The lowest BCUT2D eigenvalue weighted by molar-refractivity contribution is -0.119. The molecule has 0 aromatic carbocycles. The Morgan fingerprint density at radius 2 is 2.29 bits per heavy atom. The Morgan fingerprint density at radius 1 is 1.36 bits per heavy atom. The molecule has 2 N–H and O–H groups in total.